The van der Waals surface area contributed by atoms with Crippen molar-refractivity contribution < 1.29 is 14.3 Å². The molecule has 0 unspecified atom stereocenters. The number of ether oxygens (including phenoxy) is 2. The summed E-state index contributed by atoms with van der Waals surface area (Å²) in [5, 5.41) is 2.91. The quantitative estimate of drug-likeness (QED) is 0.867. The molecule has 1 heterocycles. The molecule has 0 saturated heterocycles. The number of methoxy groups -OCH3 is 2. The van der Waals surface area contributed by atoms with Crippen molar-refractivity contribution in [3.8, 4) is 11.5 Å². The van der Waals surface area contributed by atoms with Gasteiger partial charge in [-0.1, -0.05) is 6.07 Å². The van der Waals surface area contributed by atoms with Gasteiger partial charge in [0.2, 0.25) is 5.91 Å². The molecule has 0 spiro atoms. The van der Waals surface area contributed by atoms with Crippen molar-refractivity contribution in [1.82, 2.24) is 5.32 Å². The number of benzene rings is 1. The van der Waals surface area contributed by atoms with Gasteiger partial charge in [0.1, 0.15) is 0 Å². The zero-order valence-corrected chi connectivity index (χ0v) is 10.9. The number of hydrogen-bond acceptors (Lipinski definition) is 3. The Balaban J connectivity index is 2.43. The maximum absolute atomic E-state index is 11.8. The zero-order valence-electron chi connectivity index (χ0n) is 10.9. The summed E-state index contributed by atoms with van der Waals surface area (Å²) in [5.74, 6) is 1.41. The summed E-state index contributed by atoms with van der Waals surface area (Å²) < 4.78 is 10.7. The molecule has 0 radical (unpaired) electrons. The van der Waals surface area contributed by atoms with Gasteiger partial charge in [-0.3, -0.25) is 4.79 Å². The second-order valence-corrected chi connectivity index (χ2v) is 4.47. The molecule has 0 fully saturated rings. The number of hydrogen-bond donors (Lipinski definition) is 1. The van der Waals surface area contributed by atoms with E-state index in [1.807, 2.05) is 12.1 Å². The molecule has 4 nitrogen and oxygen atoms in total. The predicted octanol–water partition coefficient (Wildman–Crippen LogP) is 1.70. The fourth-order valence-corrected chi connectivity index (χ4v) is 2.30. The summed E-state index contributed by atoms with van der Waals surface area (Å²) in [6.07, 6.45) is 3.42. The van der Waals surface area contributed by atoms with Crippen LogP contribution in [0.5, 0.6) is 11.5 Å². The summed E-state index contributed by atoms with van der Waals surface area (Å²) >= 11 is 0. The van der Waals surface area contributed by atoms with Crippen molar-refractivity contribution in [2.75, 3.05) is 20.8 Å². The van der Waals surface area contributed by atoms with Crippen LogP contribution in [0.3, 0.4) is 0 Å². The number of aryl methyl sites for hydroxylation is 1. The van der Waals surface area contributed by atoms with Crippen LogP contribution in [0.2, 0.25) is 0 Å². The molecule has 1 aliphatic heterocycles. The van der Waals surface area contributed by atoms with Crippen LogP contribution in [0, 0.1) is 0 Å². The predicted molar refractivity (Wildman–Crippen MR) is 69.2 cm³/mol. The van der Waals surface area contributed by atoms with Gasteiger partial charge in [-0.25, -0.2) is 0 Å². The minimum Gasteiger partial charge on any atom is -0.493 e. The average molecular weight is 249 g/mol. The second kappa shape index (κ2) is 5.76. The van der Waals surface area contributed by atoms with Gasteiger partial charge in [-0.2, -0.15) is 0 Å². The van der Waals surface area contributed by atoms with E-state index in [0.29, 0.717) is 17.9 Å². The van der Waals surface area contributed by atoms with E-state index >= 15 is 0 Å². The molecule has 0 atom stereocenters. The Morgan fingerprint density at radius 2 is 2.00 bits per heavy atom. The molecule has 2 bridgehead atoms. The number of fused-ring (bicyclic) bond motifs is 2. The molecule has 1 aromatic rings. The Bertz CT molecular complexity index is 443. The lowest BCUT2D eigenvalue weighted by Gasteiger charge is -2.16. The SMILES string of the molecule is COc1cc2cc(c1OC)CC(=O)NCCCC2. The first kappa shape index (κ1) is 12.7. The molecular formula is C14H19NO3. The van der Waals surface area contributed by atoms with Crippen LogP contribution in [0.1, 0.15) is 24.0 Å². The Morgan fingerprint density at radius 3 is 2.72 bits per heavy atom. The van der Waals surface area contributed by atoms with Crippen LogP contribution in [-0.4, -0.2) is 26.7 Å². The maximum atomic E-state index is 11.8. The number of carbonyl (C=O) groups is 1. The number of nitrogens with one attached hydrogen (secondary N) is 1. The van der Waals surface area contributed by atoms with E-state index in [2.05, 4.69) is 5.32 Å². The summed E-state index contributed by atoms with van der Waals surface area (Å²) in [5.41, 5.74) is 2.10. The van der Waals surface area contributed by atoms with Gasteiger partial charge in [0, 0.05) is 12.1 Å². The molecule has 0 aromatic heterocycles. The van der Waals surface area contributed by atoms with Gasteiger partial charge >= 0.3 is 0 Å². The summed E-state index contributed by atoms with van der Waals surface area (Å²) in [7, 11) is 3.22. The average Bonchev–Trinajstić information content (AvgIpc) is 2.37. The molecule has 98 valence electrons. The highest BCUT2D eigenvalue weighted by molar-refractivity contribution is 5.79. The molecule has 4 heteroatoms. The Kier molecular flexibility index (Phi) is 4.07. The molecule has 0 aliphatic carbocycles. The molecule has 1 N–H and O–H groups in total. The Hall–Kier alpha value is -1.71. The lowest BCUT2D eigenvalue weighted by Crippen LogP contribution is -2.27. The first-order valence-electron chi connectivity index (χ1n) is 6.25. The van der Waals surface area contributed by atoms with E-state index in [0.717, 1.165) is 31.4 Å². The molecule has 1 aliphatic rings. The van der Waals surface area contributed by atoms with Crippen LogP contribution >= 0.6 is 0 Å². The highest BCUT2D eigenvalue weighted by Crippen LogP contribution is 2.33. The summed E-state index contributed by atoms with van der Waals surface area (Å²) in [6.45, 7) is 0.753. The minimum atomic E-state index is 0.0365. The maximum Gasteiger partial charge on any atom is 0.224 e. The third-order valence-corrected chi connectivity index (χ3v) is 3.18. The fourth-order valence-electron chi connectivity index (χ4n) is 2.30. The highest BCUT2D eigenvalue weighted by Gasteiger charge is 2.16. The fraction of sp³-hybridized carbons (Fsp3) is 0.500. The van der Waals surface area contributed by atoms with Crippen molar-refractivity contribution in [2.24, 2.45) is 0 Å². The second-order valence-electron chi connectivity index (χ2n) is 4.47. The summed E-state index contributed by atoms with van der Waals surface area (Å²) in [6, 6.07) is 4.05. The Labute approximate surface area is 107 Å². The zero-order chi connectivity index (χ0) is 13.0. The Morgan fingerprint density at radius 1 is 1.17 bits per heavy atom. The molecular weight excluding hydrogens is 230 g/mol. The standard InChI is InChI=1S/C14H19NO3/c1-17-12-8-10-5-3-4-6-15-13(16)9-11(7-10)14(12)18-2/h7-8H,3-6,9H2,1-2H3,(H,15,16). The lowest BCUT2D eigenvalue weighted by atomic mass is 10.0. The smallest absolute Gasteiger partial charge is 0.224 e. The van der Waals surface area contributed by atoms with E-state index in [1.54, 1.807) is 14.2 Å². The van der Waals surface area contributed by atoms with E-state index in [9.17, 15) is 4.79 Å². The molecule has 1 aromatic carbocycles. The van der Waals surface area contributed by atoms with Crippen molar-refractivity contribution in [2.45, 2.75) is 25.7 Å². The van der Waals surface area contributed by atoms with Crippen molar-refractivity contribution in [3.05, 3.63) is 23.3 Å². The van der Waals surface area contributed by atoms with Gasteiger partial charge in [0.25, 0.3) is 0 Å². The normalized spacial score (nSPS) is 15.8. The lowest BCUT2D eigenvalue weighted by molar-refractivity contribution is -0.120. The van der Waals surface area contributed by atoms with E-state index < -0.39 is 0 Å². The van der Waals surface area contributed by atoms with Crippen molar-refractivity contribution >= 4 is 5.91 Å². The van der Waals surface area contributed by atoms with Crippen LogP contribution in [0.15, 0.2) is 12.1 Å². The molecule has 0 saturated carbocycles. The van der Waals surface area contributed by atoms with E-state index in [1.165, 1.54) is 5.56 Å². The van der Waals surface area contributed by atoms with E-state index in [4.69, 9.17) is 9.47 Å². The van der Waals surface area contributed by atoms with Crippen molar-refractivity contribution in [3.63, 3.8) is 0 Å². The van der Waals surface area contributed by atoms with Crippen molar-refractivity contribution in [1.29, 1.82) is 0 Å². The van der Waals surface area contributed by atoms with Crippen LogP contribution in [0.4, 0.5) is 0 Å². The van der Waals surface area contributed by atoms with E-state index in [-0.39, 0.29) is 5.91 Å². The highest BCUT2D eigenvalue weighted by atomic mass is 16.5. The molecule has 18 heavy (non-hydrogen) atoms. The first-order chi connectivity index (χ1) is 8.74. The van der Waals surface area contributed by atoms with Crippen LogP contribution in [0.25, 0.3) is 0 Å². The van der Waals surface area contributed by atoms with Crippen LogP contribution in [-0.2, 0) is 17.6 Å². The topological polar surface area (TPSA) is 47.6 Å². The monoisotopic (exact) mass is 249 g/mol. The van der Waals surface area contributed by atoms with Gasteiger partial charge in [-0.05, 0) is 30.9 Å². The first-order valence-corrected chi connectivity index (χ1v) is 6.25. The number of carbonyl (C=O) groups excluding carboxylic acids is 1. The third kappa shape index (κ3) is 2.75. The largest absolute Gasteiger partial charge is 0.493 e. The number of rotatable bonds is 2. The third-order valence-electron chi connectivity index (χ3n) is 3.18. The van der Waals surface area contributed by atoms with Gasteiger partial charge in [-0.15, -0.1) is 0 Å². The molecule has 1 amide bonds. The van der Waals surface area contributed by atoms with Gasteiger partial charge < -0.3 is 14.8 Å². The van der Waals surface area contributed by atoms with Gasteiger partial charge in [0.15, 0.2) is 11.5 Å². The number of amides is 1. The summed E-state index contributed by atoms with van der Waals surface area (Å²) in [4.78, 5) is 11.8. The molecule has 2 rings (SSSR count). The van der Waals surface area contributed by atoms with Gasteiger partial charge in [0.05, 0.1) is 20.6 Å². The van der Waals surface area contributed by atoms with Crippen LogP contribution < -0.4 is 14.8 Å². The minimum absolute atomic E-state index is 0.0365.